The maximum Gasteiger partial charge on any atom is 0.283 e. The molecule has 3 rings (SSSR count). The Kier molecular flexibility index (Phi) is 6.94. The van der Waals surface area contributed by atoms with E-state index in [1.54, 1.807) is 21.9 Å². The normalized spacial score (nSPS) is 13.8. The van der Waals surface area contributed by atoms with Crippen molar-refractivity contribution in [1.82, 2.24) is 9.80 Å². The summed E-state index contributed by atoms with van der Waals surface area (Å²) in [5, 5.41) is 11.6. The monoisotopic (exact) mass is 489 g/mol. The Morgan fingerprint density at radius 1 is 1.07 bits per heavy atom. The highest BCUT2D eigenvalue weighted by Crippen LogP contribution is 2.37. The Bertz CT molecular complexity index is 1000. The van der Waals surface area contributed by atoms with Crippen molar-refractivity contribution in [2.75, 3.05) is 26.2 Å². The van der Waals surface area contributed by atoms with E-state index in [0.717, 1.165) is 9.37 Å². The van der Waals surface area contributed by atoms with Crippen molar-refractivity contribution in [1.29, 1.82) is 0 Å². The molecule has 30 heavy (non-hydrogen) atoms. The molecular weight excluding hydrogens is 470 g/mol. The fraction of sp³-hybridized carbons (Fsp3) is 0.238. The average molecular weight is 490 g/mol. The molecule has 2 aromatic carbocycles. The molecule has 0 aliphatic carbocycles. The van der Waals surface area contributed by atoms with E-state index in [1.807, 2.05) is 24.3 Å². The van der Waals surface area contributed by atoms with Crippen LogP contribution in [-0.2, 0) is 9.59 Å². The topological polar surface area (TPSA) is 83.8 Å². The third-order valence-corrected chi connectivity index (χ3v) is 6.42. The average Bonchev–Trinajstić information content (AvgIpc) is 2.74. The lowest BCUT2D eigenvalue weighted by Crippen LogP contribution is -2.50. The third kappa shape index (κ3) is 5.09. The van der Waals surface area contributed by atoms with Crippen molar-refractivity contribution in [3.63, 3.8) is 0 Å². The van der Waals surface area contributed by atoms with Crippen LogP contribution in [0.2, 0.25) is 0 Å². The molecular formula is C21H20BrN3O4S. The standard InChI is InChI=1S/C21H20BrN3O4S/c1-14(21(27)24-11-9-23(10-12-24)15(2)26)16-3-8-20(19(13-16)25(28)29)30-18-6-4-17(22)5-7-18/h3-8,13H,1,9-12H2,2H3. The van der Waals surface area contributed by atoms with Gasteiger partial charge in [0.15, 0.2) is 0 Å². The van der Waals surface area contributed by atoms with Crippen LogP contribution in [0.1, 0.15) is 12.5 Å². The van der Waals surface area contributed by atoms with Gasteiger partial charge in [0.05, 0.1) is 9.82 Å². The summed E-state index contributed by atoms with van der Waals surface area (Å²) in [7, 11) is 0. The maximum absolute atomic E-state index is 12.8. The lowest BCUT2D eigenvalue weighted by atomic mass is 10.1. The van der Waals surface area contributed by atoms with Crippen LogP contribution in [0, 0.1) is 10.1 Å². The number of hydrogen-bond donors (Lipinski definition) is 0. The molecule has 1 fully saturated rings. The number of halogens is 1. The number of nitro benzene ring substituents is 1. The van der Waals surface area contributed by atoms with Crippen LogP contribution in [0.3, 0.4) is 0 Å². The van der Waals surface area contributed by atoms with Crippen molar-refractivity contribution in [3.8, 4) is 0 Å². The van der Waals surface area contributed by atoms with E-state index in [1.165, 1.54) is 24.8 Å². The molecule has 1 saturated heterocycles. The summed E-state index contributed by atoms with van der Waals surface area (Å²) in [5.74, 6) is -0.295. The molecule has 1 heterocycles. The van der Waals surface area contributed by atoms with Crippen LogP contribution in [0.25, 0.3) is 5.57 Å². The van der Waals surface area contributed by atoms with E-state index in [2.05, 4.69) is 22.5 Å². The summed E-state index contributed by atoms with van der Waals surface area (Å²) in [5.41, 5.74) is 0.547. The number of nitrogens with zero attached hydrogens (tertiary/aromatic N) is 3. The van der Waals surface area contributed by atoms with E-state index in [4.69, 9.17) is 0 Å². The SMILES string of the molecule is C=C(C(=O)N1CCN(C(C)=O)CC1)c1ccc(Sc2ccc(Br)cc2)c([N+](=O)[O-])c1. The summed E-state index contributed by atoms with van der Waals surface area (Å²) >= 11 is 4.65. The molecule has 1 aliphatic rings. The summed E-state index contributed by atoms with van der Waals surface area (Å²) < 4.78 is 0.927. The second-order valence-corrected chi connectivity index (χ2v) is 8.80. The van der Waals surface area contributed by atoms with Gasteiger partial charge < -0.3 is 9.80 Å². The van der Waals surface area contributed by atoms with E-state index < -0.39 is 4.92 Å². The highest BCUT2D eigenvalue weighted by molar-refractivity contribution is 9.10. The van der Waals surface area contributed by atoms with Crippen LogP contribution in [0.15, 0.2) is 63.3 Å². The van der Waals surface area contributed by atoms with Gasteiger partial charge in [0.25, 0.3) is 11.6 Å². The zero-order valence-electron chi connectivity index (χ0n) is 16.3. The Labute approximate surface area is 187 Å². The van der Waals surface area contributed by atoms with E-state index in [0.29, 0.717) is 36.6 Å². The molecule has 0 unspecified atom stereocenters. The van der Waals surface area contributed by atoms with Gasteiger partial charge in [0.2, 0.25) is 5.91 Å². The number of hydrogen-bond acceptors (Lipinski definition) is 5. The molecule has 156 valence electrons. The molecule has 7 nitrogen and oxygen atoms in total. The quantitative estimate of drug-likeness (QED) is 0.356. The van der Waals surface area contributed by atoms with Gasteiger partial charge in [-0.1, -0.05) is 40.3 Å². The largest absolute Gasteiger partial charge is 0.339 e. The fourth-order valence-electron chi connectivity index (χ4n) is 3.10. The van der Waals surface area contributed by atoms with Crippen molar-refractivity contribution in [3.05, 3.63) is 69.2 Å². The lowest BCUT2D eigenvalue weighted by molar-refractivity contribution is -0.387. The molecule has 0 atom stereocenters. The molecule has 2 amide bonds. The van der Waals surface area contributed by atoms with Crippen LogP contribution in [0.5, 0.6) is 0 Å². The Morgan fingerprint density at radius 3 is 2.23 bits per heavy atom. The second kappa shape index (κ2) is 9.44. The minimum Gasteiger partial charge on any atom is -0.339 e. The zero-order valence-corrected chi connectivity index (χ0v) is 18.7. The van der Waals surface area contributed by atoms with Crippen LogP contribution < -0.4 is 0 Å². The number of benzene rings is 2. The van der Waals surface area contributed by atoms with E-state index >= 15 is 0 Å². The number of rotatable bonds is 5. The Morgan fingerprint density at radius 2 is 1.67 bits per heavy atom. The van der Waals surface area contributed by atoms with Crippen molar-refractivity contribution >= 4 is 50.8 Å². The van der Waals surface area contributed by atoms with Crippen molar-refractivity contribution < 1.29 is 14.5 Å². The zero-order chi connectivity index (χ0) is 21.8. The maximum atomic E-state index is 12.8. The molecule has 1 aliphatic heterocycles. The van der Waals surface area contributed by atoms with E-state index in [9.17, 15) is 19.7 Å². The van der Waals surface area contributed by atoms with Crippen LogP contribution in [-0.4, -0.2) is 52.7 Å². The summed E-state index contributed by atoms with van der Waals surface area (Å²) in [6.07, 6.45) is 0. The summed E-state index contributed by atoms with van der Waals surface area (Å²) in [6, 6.07) is 12.2. The fourth-order valence-corrected chi connectivity index (χ4v) is 4.27. The number of nitro groups is 1. The number of piperazine rings is 1. The van der Waals surface area contributed by atoms with Crippen molar-refractivity contribution in [2.24, 2.45) is 0 Å². The van der Waals surface area contributed by atoms with Gasteiger partial charge in [0, 0.05) is 54.1 Å². The predicted octanol–water partition coefficient (Wildman–Crippen LogP) is 4.21. The molecule has 0 spiro atoms. The first-order valence-corrected chi connectivity index (χ1v) is 10.8. The van der Waals surface area contributed by atoms with Crippen LogP contribution >= 0.6 is 27.7 Å². The Balaban J connectivity index is 1.77. The lowest BCUT2D eigenvalue weighted by Gasteiger charge is -2.34. The van der Waals surface area contributed by atoms with E-state index in [-0.39, 0.29) is 23.1 Å². The third-order valence-electron chi connectivity index (χ3n) is 4.82. The summed E-state index contributed by atoms with van der Waals surface area (Å²) in [4.78, 5) is 40.1. The van der Waals surface area contributed by atoms with Gasteiger partial charge in [-0.2, -0.15) is 0 Å². The molecule has 9 heteroatoms. The predicted molar refractivity (Wildman–Crippen MR) is 119 cm³/mol. The van der Waals surface area contributed by atoms with Gasteiger partial charge in [-0.3, -0.25) is 19.7 Å². The smallest absolute Gasteiger partial charge is 0.283 e. The molecule has 2 aromatic rings. The van der Waals surface area contributed by atoms with Gasteiger partial charge in [-0.25, -0.2) is 0 Å². The molecule has 0 saturated carbocycles. The number of carbonyl (C=O) groups excluding carboxylic acids is 2. The first-order valence-electron chi connectivity index (χ1n) is 9.22. The second-order valence-electron chi connectivity index (χ2n) is 6.77. The minimum absolute atomic E-state index is 0.0181. The van der Waals surface area contributed by atoms with Crippen molar-refractivity contribution in [2.45, 2.75) is 16.7 Å². The first-order chi connectivity index (χ1) is 14.3. The molecule has 0 radical (unpaired) electrons. The first kappa shape index (κ1) is 22.0. The summed E-state index contributed by atoms with van der Waals surface area (Å²) in [6.45, 7) is 7.14. The highest BCUT2D eigenvalue weighted by Gasteiger charge is 2.26. The minimum atomic E-state index is -0.450. The number of amides is 2. The Hall–Kier alpha value is -2.65. The molecule has 0 bridgehead atoms. The van der Waals surface area contributed by atoms with Gasteiger partial charge in [-0.15, -0.1) is 0 Å². The molecule has 0 N–H and O–H groups in total. The van der Waals surface area contributed by atoms with Gasteiger partial charge in [0.1, 0.15) is 0 Å². The van der Waals surface area contributed by atoms with Gasteiger partial charge in [-0.05, 0) is 35.9 Å². The number of carbonyl (C=O) groups is 2. The van der Waals surface area contributed by atoms with Crippen LogP contribution in [0.4, 0.5) is 5.69 Å². The molecule has 0 aromatic heterocycles. The van der Waals surface area contributed by atoms with Gasteiger partial charge >= 0.3 is 0 Å². The highest BCUT2D eigenvalue weighted by atomic mass is 79.9.